The number of thioether (sulfide) groups is 1. The fourth-order valence-corrected chi connectivity index (χ4v) is 5.64. The maximum absolute atomic E-state index is 5.55. The van der Waals surface area contributed by atoms with Gasteiger partial charge in [-0.25, -0.2) is 4.68 Å². The van der Waals surface area contributed by atoms with Crippen LogP contribution in [0.15, 0.2) is 6.07 Å². The van der Waals surface area contributed by atoms with Crippen molar-refractivity contribution in [2.45, 2.75) is 25.4 Å². The summed E-state index contributed by atoms with van der Waals surface area (Å²) in [5.41, 5.74) is 1.43. The standard InChI is InChI=1S/C17H29N5OS/c1-14-8-16-19-10-15(11-22(16)20-14)9-18-12-17(2-7-24-13-17)21-3-5-23-6-4-21/h8,15,18-19H,2-7,9-13H2,1H3. The smallest absolute Gasteiger partial charge is 0.124 e. The number of hydrogen-bond donors (Lipinski definition) is 2. The van der Waals surface area contributed by atoms with E-state index in [0.717, 1.165) is 58.2 Å². The van der Waals surface area contributed by atoms with Crippen LogP contribution in [0.5, 0.6) is 0 Å². The van der Waals surface area contributed by atoms with Gasteiger partial charge in [-0.1, -0.05) is 0 Å². The van der Waals surface area contributed by atoms with Gasteiger partial charge in [0.25, 0.3) is 0 Å². The van der Waals surface area contributed by atoms with Crippen molar-refractivity contribution in [1.82, 2.24) is 20.0 Å². The molecular weight excluding hydrogens is 322 g/mol. The van der Waals surface area contributed by atoms with Crippen LogP contribution in [0.25, 0.3) is 0 Å². The van der Waals surface area contributed by atoms with Crippen LogP contribution in [0.2, 0.25) is 0 Å². The first kappa shape index (κ1) is 16.7. The Hall–Kier alpha value is -0.760. The number of aryl methyl sites for hydroxylation is 1. The lowest BCUT2D eigenvalue weighted by Crippen LogP contribution is -2.59. The summed E-state index contributed by atoms with van der Waals surface area (Å²) in [6, 6.07) is 2.13. The van der Waals surface area contributed by atoms with Crippen LogP contribution < -0.4 is 10.6 Å². The summed E-state index contributed by atoms with van der Waals surface area (Å²) in [6.45, 7) is 10.2. The van der Waals surface area contributed by atoms with Gasteiger partial charge in [0.15, 0.2) is 0 Å². The van der Waals surface area contributed by atoms with E-state index in [-0.39, 0.29) is 0 Å². The van der Waals surface area contributed by atoms with E-state index < -0.39 is 0 Å². The van der Waals surface area contributed by atoms with Crippen molar-refractivity contribution in [2.75, 3.05) is 62.8 Å². The summed E-state index contributed by atoms with van der Waals surface area (Å²) < 4.78 is 7.67. The Morgan fingerprint density at radius 2 is 2.33 bits per heavy atom. The van der Waals surface area contributed by atoms with E-state index in [9.17, 15) is 0 Å². The van der Waals surface area contributed by atoms with E-state index in [4.69, 9.17) is 4.74 Å². The Balaban J connectivity index is 1.31. The quantitative estimate of drug-likeness (QED) is 0.826. The Morgan fingerprint density at radius 1 is 1.46 bits per heavy atom. The number of ether oxygens (including phenoxy) is 1. The SMILES string of the molecule is Cc1cc2n(n1)CC(CNCC1(N3CCOCC3)CCSC1)CN2. The first-order valence-corrected chi connectivity index (χ1v) is 10.3. The van der Waals surface area contributed by atoms with Crippen LogP contribution in [-0.4, -0.2) is 77.7 Å². The molecule has 2 atom stereocenters. The molecule has 2 N–H and O–H groups in total. The zero-order chi connectivity index (χ0) is 16.4. The van der Waals surface area contributed by atoms with E-state index in [1.165, 1.54) is 23.7 Å². The van der Waals surface area contributed by atoms with Crippen molar-refractivity contribution >= 4 is 17.6 Å². The highest BCUT2D eigenvalue weighted by Crippen LogP contribution is 2.33. The monoisotopic (exact) mass is 351 g/mol. The lowest BCUT2D eigenvalue weighted by atomic mass is 9.95. The molecule has 0 aliphatic carbocycles. The molecule has 0 bridgehead atoms. The van der Waals surface area contributed by atoms with E-state index in [0.29, 0.717) is 11.5 Å². The van der Waals surface area contributed by atoms with Gasteiger partial charge in [0.05, 0.1) is 18.9 Å². The molecule has 1 aromatic rings. The first-order valence-electron chi connectivity index (χ1n) is 9.15. The maximum Gasteiger partial charge on any atom is 0.124 e. The van der Waals surface area contributed by atoms with E-state index in [2.05, 4.69) is 50.1 Å². The lowest BCUT2D eigenvalue weighted by molar-refractivity contribution is -0.0135. The summed E-state index contributed by atoms with van der Waals surface area (Å²) in [4.78, 5) is 2.68. The van der Waals surface area contributed by atoms with Crippen molar-refractivity contribution in [3.8, 4) is 0 Å². The van der Waals surface area contributed by atoms with Crippen molar-refractivity contribution in [1.29, 1.82) is 0 Å². The van der Waals surface area contributed by atoms with Gasteiger partial charge < -0.3 is 15.4 Å². The summed E-state index contributed by atoms with van der Waals surface area (Å²) >= 11 is 2.11. The minimum absolute atomic E-state index is 0.337. The van der Waals surface area contributed by atoms with Gasteiger partial charge in [-0.05, 0) is 19.1 Å². The Morgan fingerprint density at radius 3 is 3.12 bits per heavy atom. The average Bonchev–Trinajstić information content (AvgIpc) is 3.22. The number of fused-ring (bicyclic) bond motifs is 1. The van der Waals surface area contributed by atoms with Gasteiger partial charge in [-0.3, -0.25) is 4.90 Å². The first-order chi connectivity index (χ1) is 11.8. The highest BCUT2D eigenvalue weighted by molar-refractivity contribution is 7.99. The number of nitrogens with one attached hydrogen (secondary N) is 2. The Bertz CT molecular complexity index is 551. The molecular formula is C17H29N5OS. The minimum atomic E-state index is 0.337. The Kier molecular flexibility index (Phi) is 5.03. The third kappa shape index (κ3) is 3.45. The predicted octanol–water partition coefficient (Wildman–Crippen LogP) is 1.03. The van der Waals surface area contributed by atoms with Crippen LogP contribution >= 0.6 is 11.8 Å². The molecule has 4 rings (SSSR count). The molecule has 1 aromatic heterocycles. The number of hydrogen-bond acceptors (Lipinski definition) is 6. The molecule has 0 radical (unpaired) electrons. The molecule has 2 unspecified atom stereocenters. The van der Waals surface area contributed by atoms with Crippen molar-refractivity contribution in [3.05, 3.63) is 11.8 Å². The lowest BCUT2D eigenvalue weighted by Gasteiger charge is -2.43. The molecule has 4 heterocycles. The van der Waals surface area contributed by atoms with E-state index in [1.54, 1.807) is 0 Å². The molecule has 0 amide bonds. The van der Waals surface area contributed by atoms with E-state index >= 15 is 0 Å². The van der Waals surface area contributed by atoms with Crippen molar-refractivity contribution in [2.24, 2.45) is 5.92 Å². The van der Waals surface area contributed by atoms with Gasteiger partial charge in [0.2, 0.25) is 0 Å². The molecule has 24 heavy (non-hydrogen) atoms. The zero-order valence-electron chi connectivity index (χ0n) is 14.6. The van der Waals surface area contributed by atoms with Gasteiger partial charge in [0.1, 0.15) is 5.82 Å². The molecule has 0 spiro atoms. The summed E-state index contributed by atoms with van der Waals surface area (Å²) in [5, 5.41) is 11.9. The van der Waals surface area contributed by atoms with Crippen LogP contribution in [0.1, 0.15) is 12.1 Å². The molecule has 0 aromatic carbocycles. The molecule has 134 valence electrons. The van der Waals surface area contributed by atoms with Gasteiger partial charge in [-0.15, -0.1) is 0 Å². The normalized spacial score (nSPS) is 31.0. The highest BCUT2D eigenvalue weighted by atomic mass is 32.2. The number of morpholine rings is 1. The molecule has 3 aliphatic heterocycles. The number of aromatic nitrogens is 2. The van der Waals surface area contributed by atoms with E-state index in [1.807, 2.05) is 0 Å². The molecule has 0 saturated carbocycles. The van der Waals surface area contributed by atoms with Crippen molar-refractivity contribution in [3.63, 3.8) is 0 Å². The Labute approximate surface area is 148 Å². The summed E-state index contributed by atoms with van der Waals surface area (Å²) in [7, 11) is 0. The second-order valence-electron chi connectivity index (χ2n) is 7.36. The zero-order valence-corrected chi connectivity index (χ0v) is 15.4. The summed E-state index contributed by atoms with van der Waals surface area (Å²) in [6.07, 6.45) is 1.30. The fourth-order valence-electron chi connectivity index (χ4n) is 4.17. The van der Waals surface area contributed by atoms with Crippen molar-refractivity contribution < 1.29 is 4.74 Å². The molecule has 6 nitrogen and oxygen atoms in total. The second kappa shape index (κ2) is 7.23. The van der Waals surface area contributed by atoms with Gasteiger partial charge >= 0.3 is 0 Å². The molecule has 2 fully saturated rings. The number of anilines is 1. The molecule has 7 heteroatoms. The predicted molar refractivity (Wildman–Crippen MR) is 98.9 cm³/mol. The fraction of sp³-hybridized carbons (Fsp3) is 0.824. The van der Waals surface area contributed by atoms with Gasteiger partial charge in [-0.2, -0.15) is 16.9 Å². The minimum Gasteiger partial charge on any atom is -0.379 e. The average molecular weight is 352 g/mol. The van der Waals surface area contributed by atoms with Crippen LogP contribution in [0, 0.1) is 12.8 Å². The number of rotatable bonds is 5. The molecule has 2 saturated heterocycles. The highest BCUT2D eigenvalue weighted by Gasteiger charge is 2.40. The second-order valence-corrected chi connectivity index (χ2v) is 8.46. The summed E-state index contributed by atoms with van der Waals surface area (Å²) in [5.74, 6) is 4.32. The molecule has 3 aliphatic rings. The topological polar surface area (TPSA) is 54.4 Å². The van der Waals surface area contributed by atoms with Crippen LogP contribution in [0.4, 0.5) is 5.82 Å². The third-order valence-corrected chi connectivity index (χ3v) is 6.79. The maximum atomic E-state index is 5.55. The number of nitrogens with zero attached hydrogens (tertiary/aromatic N) is 3. The third-order valence-electron chi connectivity index (χ3n) is 5.56. The van der Waals surface area contributed by atoms with Crippen LogP contribution in [-0.2, 0) is 11.3 Å². The van der Waals surface area contributed by atoms with Crippen LogP contribution in [0.3, 0.4) is 0 Å². The largest absolute Gasteiger partial charge is 0.379 e. The van der Waals surface area contributed by atoms with Gasteiger partial charge in [0, 0.05) is 62.5 Å².